The first kappa shape index (κ1) is 24.9. The molecule has 3 aromatic carbocycles. The second-order valence-corrected chi connectivity index (χ2v) is 8.84. The molecule has 178 valence electrons. The van der Waals surface area contributed by atoms with Gasteiger partial charge in [-0.1, -0.05) is 48.5 Å². The molecule has 0 aliphatic carbocycles. The van der Waals surface area contributed by atoms with Crippen LogP contribution in [0.3, 0.4) is 0 Å². The predicted molar refractivity (Wildman–Crippen MR) is 126 cm³/mol. The minimum absolute atomic E-state index is 0.00895. The Hall–Kier alpha value is -3.73. The van der Waals surface area contributed by atoms with Crippen LogP contribution in [-0.2, 0) is 19.6 Å². The van der Waals surface area contributed by atoms with E-state index in [4.69, 9.17) is 9.47 Å². The number of rotatable bonds is 10. The number of benzene rings is 3. The maximum absolute atomic E-state index is 12.3. The van der Waals surface area contributed by atoms with E-state index < -0.39 is 21.8 Å². The Bertz CT molecular complexity index is 1210. The highest BCUT2D eigenvalue weighted by molar-refractivity contribution is 7.89. The highest BCUT2D eigenvalue weighted by Gasteiger charge is 2.15. The fourth-order valence-electron chi connectivity index (χ4n) is 2.97. The number of ether oxygens (including phenoxy) is 2. The van der Waals surface area contributed by atoms with E-state index in [1.807, 2.05) is 42.5 Å². The third kappa shape index (κ3) is 6.88. The Morgan fingerprint density at radius 2 is 1.53 bits per heavy atom. The number of hydrogen-bond donors (Lipinski definition) is 3. The van der Waals surface area contributed by atoms with E-state index >= 15 is 0 Å². The predicted octanol–water partition coefficient (Wildman–Crippen LogP) is 2.12. The number of methoxy groups -OCH3 is 1. The van der Waals surface area contributed by atoms with Crippen LogP contribution < -0.4 is 20.3 Å². The molecule has 0 unspecified atom stereocenters. The zero-order chi connectivity index (χ0) is 24.4. The summed E-state index contributed by atoms with van der Waals surface area (Å²) in [5, 5.41) is 0. The van der Waals surface area contributed by atoms with Crippen LogP contribution >= 0.6 is 0 Å². The van der Waals surface area contributed by atoms with Crippen molar-refractivity contribution in [2.75, 3.05) is 26.9 Å². The van der Waals surface area contributed by atoms with Crippen LogP contribution in [0.1, 0.15) is 10.4 Å². The normalized spacial score (nSPS) is 11.0. The van der Waals surface area contributed by atoms with Crippen molar-refractivity contribution in [3.05, 3.63) is 84.4 Å². The lowest BCUT2D eigenvalue weighted by atomic mass is 10.1. The van der Waals surface area contributed by atoms with Crippen molar-refractivity contribution in [2.24, 2.45) is 0 Å². The minimum atomic E-state index is -3.71. The highest BCUT2D eigenvalue weighted by Crippen LogP contribution is 2.29. The molecule has 3 N–H and O–H groups in total. The van der Waals surface area contributed by atoms with Crippen molar-refractivity contribution in [2.45, 2.75) is 4.90 Å². The van der Waals surface area contributed by atoms with Gasteiger partial charge in [0.1, 0.15) is 5.75 Å². The first-order valence-corrected chi connectivity index (χ1v) is 11.8. The number of amides is 2. The number of carbonyl (C=O) groups excluding carboxylic acids is 2. The quantitative estimate of drug-likeness (QED) is 0.300. The van der Waals surface area contributed by atoms with E-state index in [0.29, 0.717) is 5.75 Å². The summed E-state index contributed by atoms with van der Waals surface area (Å²) < 4.78 is 37.2. The van der Waals surface area contributed by atoms with Crippen LogP contribution in [-0.4, -0.2) is 47.1 Å². The standard InChI is InChI=1S/C24H25N3O6S/c1-32-16-15-25-34(30,31)20-13-11-19(12-14-20)24(29)27-26-23(28)17-33-22-10-6-5-9-21(22)18-7-3-2-4-8-18/h2-14,25H,15-17H2,1H3,(H,26,28)(H,27,29). The first-order valence-electron chi connectivity index (χ1n) is 10.4. The highest BCUT2D eigenvalue weighted by atomic mass is 32.2. The van der Waals surface area contributed by atoms with Gasteiger partial charge in [-0.25, -0.2) is 13.1 Å². The average Bonchev–Trinajstić information content (AvgIpc) is 2.87. The number of carbonyl (C=O) groups is 2. The van der Waals surface area contributed by atoms with Gasteiger partial charge >= 0.3 is 0 Å². The molecule has 10 heteroatoms. The maximum atomic E-state index is 12.3. The molecule has 0 atom stereocenters. The topological polar surface area (TPSA) is 123 Å². The molecule has 3 aromatic rings. The Balaban J connectivity index is 1.52. The Labute approximate surface area is 198 Å². The molecule has 0 bridgehead atoms. The van der Waals surface area contributed by atoms with Crippen molar-refractivity contribution in [3.8, 4) is 16.9 Å². The molecule has 3 rings (SSSR count). The maximum Gasteiger partial charge on any atom is 0.276 e. The number of para-hydroxylation sites is 1. The molecule has 0 heterocycles. The molecule has 2 amide bonds. The summed E-state index contributed by atoms with van der Waals surface area (Å²) in [5.74, 6) is -0.627. The molecule has 0 spiro atoms. The lowest BCUT2D eigenvalue weighted by Crippen LogP contribution is -2.43. The Morgan fingerprint density at radius 1 is 0.853 bits per heavy atom. The third-order valence-corrected chi connectivity index (χ3v) is 6.15. The molecule has 0 fully saturated rings. The van der Waals surface area contributed by atoms with Crippen LogP contribution in [0.25, 0.3) is 11.1 Å². The van der Waals surface area contributed by atoms with Crippen LogP contribution in [0, 0.1) is 0 Å². The van der Waals surface area contributed by atoms with Crippen LogP contribution in [0.4, 0.5) is 0 Å². The molecule has 0 saturated heterocycles. The zero-order valence-corrected chi connectivity index (χ0v) is 19.3. The van der Waals surface area contributed by atoms with Gasteiger partial charge in [0.05, 0.1) is 11.5 Å². The van der Waals surface area contributed by atoms with E-state index in [1.54, 1.807) is 12.1 Å². The summed E-state index contributed by atoms with van der Waals surface area (Å²) in [6.07, 6.45) is 0. The van der Waals surface area contributed by atoms with Crippen molar-refractivity contribution in [3.63, 3.8) is 0 Å². The van der Waals surface area contributed by atoms with Gasteiger partial charge in [0, 0.05) is 24.8 Å². The summed E-state index contributed by atoms with van der Waals surface area (Å²) in [6, 6.07) is 22.2. The van der Waals surface area contributed by atoms with Crippen molar-refractivity contribution >= 4 is 21.8 Å². The molecule has 0 aliphatic rings. The van der Waals surface area contributed by atoms with Crippen molar-refractivity contribution in [1.29, 1.82) is 0 Å². The Kier molecular flexibility index (Phi) is 8.74. The fourth-order valence-corrected chi connectivity index (χ4v) is 3.99. The van der Waals surface area contributed by atoms with Crippen LogP contribution in [0.15, 0.2) is 83.8 Å². The van der Waals surface area contributed by atoms with Gasteiger partial charge in [-0.05, 0) is 35.9 Å². The van der Waals surface area contributed by atoms with Gasteiger partial charge in [-0.3, -0.25) is 20.4 Å². The number of hydrazine groups is 1. The second kappa shape index (κ2) is 11.9. The number of hydrogen-bond acceptors (Lipinski definition) is 6. The molecule has 34 heavy (non-hydrogen) atoms. The molecular weight excluding hydrogens is 458 g/mol. The number of nitrogens with one attached hydrogen (secondary N) is 3. The Morgan fingerprint density at radius 3 is 2.24 bits per heavy atom. The zero-order valence-electron chi connectivity index (χ0n) is 18.5. The van der Waals surface area contributed by atoms with E-state index in [9.17, 15) is 18.0 Å². The monoisotopic (exact) mass is 483 g/mol. The molecule has 0 radical (unpaired) electrons. The smallest absolute Gasteiger partial charge is 0.276 e. The first-order chi connectivity index (χ1) is 16.4. The fraction of sp³-hybridized carbons (Fsp3) is 0.167. The van der Waals surface area contributed by atoms with Crippen molar-refractivity contribution in [1.82, 2.24) is 15.6 Å². The molecule has 0 aliphatic heterocycles. The van der Waals surface area contributed by atoms with Crippen molar-refractivity contribution < 1.29 is 27.5 Å². The lowest BCUT2D eigenvalue weighted by Gasteiger charge is -2.12. The summed E-state index contributed by atoms with van der Waals surface area (Å²) in [6.45, 7) is 0.0560. The lowest BCUT2D eigenvalue weighted by molar-refractivity contribution is -0.123. The van der Waals surface area contributed by atoms with E-state index in [1.165, 1.54) is 31.4 Å². The van der Waals surface area contributed by atoms with E-state index in [0.717, 1.165) is 11.1 Å². The minimum Gasteiger partial charge on any atom is -0.483 e. The summed E-state index contributed by atoms with van der Waals surface area (Å²) in [5.41, 5.74) is 6.53. The second-order valence-electron chi connectivity index (χ2n) is 7.07. The van der Waals surface area contributed by atoms with Crippen LogP contribution in [0.2, 0.25) is 0 Å². The number of sulfonamides is 1. The molecule has 0 aromatic heterocycles. The van der Waals surface area contributed by atoms with Crippen LogP contribution in [0.5, 0.6) is 5.75 Å². The van der Waals surface area contributed by atoms with Gasteiger partial charge in [0.25, 0.3) is 11.8 Å². The van der Waals surface area contributed by atoms with E-state index in [-0.39, 0.29) is 30.2 Å². The van der Waals surface area contributed by atoms with Gasteiger partial charge in [-0.2, -0.15) is 0 Å². The summed E-state index contributed by atoms with van der Waals surface area (Å²) in [4.78, 5) is 24.5. The molecule has 9 nitrogen and oxygen atoms in total. The SMILES string of the molecule is COCCNS(=O)(=O)c1ccc(C(=O)NNC(=O)COc2ccccc2-c2ccccc2)cc1. The van der Waals surface area contributed by atoms with Gasteiger partial charge in [0.2, 0.25) is 10.0 Å². The molecular formula is C24H25N3O6S. The average molecular weight is 484 g/mol. The summed E-state index contributed by atoms with van der Waals surface area (Å²) in [7, 11) is -2.24. The van der Waals surface area contributed by atoms with Gasteiger partial charge in [-0.15, -0.1) is 0 Å². The van der Waals surface area contributed by atoms with E-state index in [2.05, 4.69) is 15.6 Å². The largest absolute Gasteiger partial charge is 0.483 e. The molecule has 0 saturated carbocycles. The summed E-state index contributed by atoms with van der Waals surface area (Å²) >= 11 is 0. The van der Waals surface area contributed by atoms with Gasteiger partial charge < -0.3 is 9.47 Å². The third-order valence-electron chi connectivity index (χ3n) is 4.67. The van der Waals surface area contributed by atoms with Gasteiger partial charge in [0.15, 0.2) is 6.61 Å².